The summed E-state index contributed by atoms with van der Waals surface area (Å²) in [5.41, 5.74) is 7.71. The van der Waals surface area contributed by atoms with E-state index < -0.39 is 29.7 Å². The SMILES string of the molecule is CC(C)(C)OC(=O)N1C[C@@H](N=[N+]=[N-])CC[C@@H]1C(=O)O. The van der Waals surface area contributed by atoms with Gasteiger partial charge in [-0.1, -0.05) is 5.11 Å². The summed E-state index contributed by atoms with van der Waals surface area (Å²) in [6.45, 7) is 5.18. The first-order chi connectivity index (χ1) is 8.74. The molecular formula is C11H18N4O4. The number of hydrogen-bond acceptors (Lipinski definition) is 4. The minimum absolute atomic E-state index is 0.0654. The Labute approximate surface area is 111 Å². The van der Waals surface area contributed by atoms with Gasteiger partial charge in [-0.05, 0) is 39.1 Å². The molecule has 0 radical (unpaired) electrons. The van der Waals surface area contributed by atoms with Crippen LogP contribution in [0.5, 0.6) is 0 Å². The molecule has 0 unspecified atom stereocenters. The number of likely N-dealkylation sites (tertiary alicyclic amines) is 1. The largest absolute Gasteiger partial charge is 0.480 e. The number of carboxylic acids is 1. The maximum atomic E-state index is 12.0. The normalized spacial score (nSPS) is 23.4. The second-order valence-electron chi connectivity index (χ2n) is 5.42. The average molecular weight is 270 g/mol. The topological polar surface area (TPSA) is 116 Å². The van der Waals surface area contributed by atoms with Crippen molar-refractivity contribution in [2.45, 2.75) is 51.3 Å². The van der Waals surface area contributed by atoms with Gasteiger partial charge in [-0.3, -0.25) is 4.90 Å². The van der Waals surface area contributed by atoms with Crippen molar-refractivity contribution in [3.8, 4) is 0 Å². The van der Waals surface area contributed by atoms with Crippen molar-refractivity contribution in [1.82, 2.24) is 4.90 Å². The molecule has 0 aromatic carbocycles. The highest BCUT2D eigenvalue weighted by molar-refractivity contribution is 5.80. The van der Waals surface area contributed by atoms with Gasteiger partial charge in [-0.15, -0.1) is 0 Å². The van der Waals surface area contributed by atoms with Crippen LogP contribution in [0.4, 0.5) is 4.79 Å². The maximum absolute atomic E-state index is 12.0. The predicted octanol–water partition coefficient (Wildman–Crippen LogP) is 2.15. The fourth-order valence-corrected chi connectivity index (χ4v) is 1.90. The second kappa shape index (κ2) is 5.79. The van der Waals surface area contributed by atoms with E-state index in [9.17, 15) is 9.59 Å². The van der Waals surface area contributed by atoms with Crippen LogP contribution in [-0.2, 0) is 9.53 Å². The molecule has 1 rings (SSSR count). The van der Waals surface area contributed by atoms with Gasteiger partial charge >= 0.3 is 12.1 Å². The molecule has 0 bridgehead atoms. The Kier molecular flexibility index (Phi) is 4.61. The Bertz CT molecular complexity index is 411. The summed E-state index contributed by atoms with van der Waals surface area (Å²) in [5.74, 6) is -1.08. The molecule has 0 aromatic rings. The first kappa shape index (κ1) is 15.1. The lowest BCUT2D eigenvalue weighted by atomic mass is 9.99. The van der Waals surface area contributed by atoms with Crippen LogP contribution in [0.2, 0.25) is 0 Å². The fraction of sp³-hybridized carbons (Fsp3) is 0.818. The molecule has 1 N–H and O–H groups in total. The van der Waals surface area contributed by atoms with Crippen molar-refractivity contribution < 1.29 is 19.4 Å². The lowest BCUT2D eigenvalue weighted by Crippen LogP contribution is -2.53. The number of carbonyl (C=O) groups excluding carboxylic acids is 1. The molecule has 0 saturated carbocycles. The average Bonchev–Trinajstić information content (AvgIpc) is 2.26. The lowest BCUT2D eigenvalue weighted by Gasteiger charge is -2.36. The summed E-state index contributed by atoms with van der Waals surface area (Å²) >= 11 is 0. The highest BCUT2D eigenvalue weighted by atomic mass is 16.6. The van der Waals surface area contributed by atoms with E-state index in [1.165, 1.54) is 0 Å². The van der Waals surface area contributed by atoms with Crippen molar-refractivity contribution in [1.29, 1.82) is 0 Å². The van der Waals surface area contributed by atoms with Gasteiger partial charge in [-0.2, -0.15) is 0 Å². The number of hydrogen-bond donors (Lipinski definition) is 1. The zero-order valence-electron chi connectivity index (χ0n) is 11.2. The smallest absolute Gasteiger partial charge is 0.411 e. The Morgan fingerprint density at radius 3 is 2.53 bits per heavy atom. The van der Waals surface area contributed by atoms with E-state index >= 15 is 0 Å². The van der Waals surface area contributed by atoms with Gasteiger partial charge in [0.2, 0.25) is 0 Å². The third kappa shape index (κ3) is 4.33. The van der Waals surface area contributed by atoms with Crippen LogP contribution in [0.1, 0.15) is 33.6 Å². The number of aliphatic carboxylic acids is 1. The van der Waals surface area contributed by atoms with E-state index in [0.717, 1.165) is 4.90 Å². The molecule has 1 heterocycles. The molecule has 19 heavy (non-hydrogen) atoms. The first-order valence-corrected chi connectivity index (χ1v) is 6.01. The number of ether oxygens (including phenoxy) is 1. The third-order valence-electron chi connectivity index (χ3n) is 2.69. The van der Waals surface area contributed by atoms with Gasteiger partial charge in [-0.25, -0.2) is 9.59 Å². The van der Waals surface area contributed by atoms with E-state index in [1.807, 2.05) is 0 Å². The Hall–Kier alpha value is -1.95. The zero-order chi connectivity index (χ0) is 14.6. The number of carboxylic acid groups (broad SMARTS) is 1. The predicted molar refractivity (Wildman–Crippen MR) is 66.5 cm³/mol. The highest BCUT2D eigenvalue weighted by Crippen LogP contribution is 2.22. The molecule has 1 fully saturated rings. The molecule has 1 saturated heterocycles. The van der Waals surface area contributed by atoms with Gasteiger partial charge in [0.15, 0.2) is 0 Å². The van der Waals surface area contributed by atoms with Crippen molar-refractivity contribution in [3.63, 3.8) is 0 Å². The highest BCUT2D eigenvalue weighted by Gasteiger charge is 2.37. The summed E-state index contributed by atoms with van der Waals surface area (Å²) in [7, 11) is 0. The van der Waals surface area contributed by atoms with E-state index in [4.69, 9.17) is 15.4 Å². The van der Waals surface area contributed by atoms with Gasteiger partial charge in [0, 0.05) is 11.5 Å². The van der Waals surface area contributed by atoms with Gasteiger partial charge in [0.25, 0.3) is 0 Å². The maximum Gasteiger partial charge on any atom is 0.411 e. The van der Waals surface area contributed by atoms with Gasteiger partial charge < -0.3 is 9.84 Å². The van der Waals surface area contributed by atoms with Crippen molar-refractivity contribution in [2.75, 3.05) is 6.54 Å². The molecular weight excluding hydrogens is 252 g/mol. The molecule has 8 nitrogen and oxygen atoms in total. The molecule has 0 aliphatic carbocycles. The Morgan fingerprint density at radius 2 is 2.05 bits per heavy atom. The van der Waals surface area contributed by atoms with Crippen LogP contribution in [-0.4, -0.2) is 46.3 Å². The van der Waals surface area contributed by atoms with Gasteiger partial charge in [0.05, 0.1) is 6.04 Å². The van der Waals surface area contributed by atoms with Crippen LogP contribution < -0.4 is 0 Å². The Balaban J connectivity index is 2.85. The van der Waals surface area contributed by atoms with Gasteiger partial charge in [0.1, 0.15) is 11.6 Å². The minimum Gasteiger partial charge on any atom is -0.480 e. The van der Waals surface area contributed by atoms with Crippen LogP contribution in [0.3, 0.4) is 0 Å². The first-order valence-electron chi connectivity index (χ1n) is 6.01. The number of amides is 1. The number of azide groups is 1. The summed E-state index contributed by atoms with van der Waals surface area (Å²) in [6.07, 6.45) is -0.00349. The van der Waals surface area contributed by atoms with Crippen LogP contribution in [0.15, 0.2) is 5.11 Å². The summed E-state index contributed by atoms with van der Waals surface area (Å²) in [4.78, 5) is 26.9. The van der Waals surface area contributed by atoms with E-state index in [2.05, 4.69) is 10.0 Å². The standard InChI is InChI=1S/C11H18N4O4/c1-11(2,3)19-10(18)15-6-7(13-14-12)4-5-8(15)9(16)17/h7-8H,4-6H2,1-3H3,(H,16,17)/t7-,8+/m0/s1. The molecule has 1 aliphatic rings. The second-order valence-corrected chi connectivity index (χ2v) is 5.42. The minimum atomic E-state index is -1.08. The molecule has 0 spiro atoms. The number of rotatable bonds is 2. The number of carbonyl (C=O) groups is 2. The molecule has 1 aliphatic heterocycles. The quantitative estimate of drug-likeness (QED) is 0.470. The monoisotopic (exact) mass is 270 g/mol. The number of nitrogens with zero attached hydrogens (tertiary/aromatic N) is 4. The lowest BCUT2D eigenvalue weighted by molar-refractivity contribution is -0.144. The summed E-state index contributed by atoms with van der Waals surface area (Å²) in [6, 6.07) is -1.34. The zero-order valence-corrected chi connectivity index (χ0v) is 11.2. The van der Waals surface area contributed by atoms with E-state index in [0.29, 0.717) is 6.42 Å². The third-order valence-corrected chi connectivity index (χ3v) is 2.69. The molecule has 2 atom stereocenters. The summed E-state index contributed by atoms with van der Waals surface area (Å²) < 4.78 is 5.17. The molecule has 106 valence electrons. The van der Waals surface area contributed by atoms with Crippen LogP contribution in [0.25, 0.3) is 10.4 Å². The Morgan fingerprint density at radius 1 is 1.42 bits per heavy atom. The van der Waals surface area contributed by atoms with Crippen molar-refractivity contribution in [3.05, 3.63) is 10.4 Å². The molecule has 0 aromatic heterocycles. The van der Waals surface area contributed by atoms with Crippen LogP contribution >= 0.6 is 0 Å². The number of piperidine rings is 1. The fourth-order valence-electron chi connectivity index (χ4n) is 1.90. The van der Waals surface area contributed by atoms with Crippen LogP contribution in [0, 0.1) is 0 Å². The molecule has 1 amide bonds. The summed E-state index contributed by atoms with van der Waals surface area (Å²) in [5, 5.41) is 12.7. The van der Waals surface area contributed by atoms with Crippen molar-refractivity contribution >= 4 is 12.1 Å². The van der Waals surface area contributed by atoms with Crippen molar-refractivity contribution in [2.24, 2.45) is 5.11 Å². The van der Waals surface area contributed by atoms with E-state index in [1.54, 1.807) is 20.8 Å². The van der Waals surface area contributed by atoms with E-state index in [-0.39, 0.29) is 13.0 Å². The molecule has 8 heteroatoms.